The van der Waals surface area contributed by atoms with E-state index in [1.54, 1.807) is 7.11 Å². The van der Waals surface area contributed by atoms with Crippen molar-refractivity contribution in [2.24, 2.45) is 0 Å². The van der Waals surface area contributed by atoms with Crippen LogP contribution in [0.2, 0.25) is 5.02 Å². The van der Waals surface area contributed by atoms with Gasteiger partial charge >= 0.3 is 0 Å². The van der Waals surface area contributed by atoms with E-state index >= 15 is 0 Å². The van der Waals surface area contributed by atoms with Crippen LogP contribution in [0.5, 0.6) is 11.5 Å². The molecule has 8 heteroatoms. The molecular formula is C38H57ClO7. The maximum atomic E-state index is 7.11. The van der Waals surface area contributed by atoms with Gasteiger partial charge in [-0.25, -0.2) is 0 Å². The van der Waals surface area contributed by atoms with Crippen molar-refractivity contribution in [2.45, 2.75) is 122 Å². The third kappa shape index (κ3) is 9.83. The van der Waals surface area contributed by atoms with Crippen LogP contribution < -0.4 is 9.47 Å². The number of hydrogen-bond donors (Lipinski definition) is 0. The first-order valence-corrected chi connectivity index (χ1v) is 18.1. The van der Waals surface area contributed by atoms with Gasteiger partial charge in [0, 0.05) is 44.0 Å². The van der Waals surface area contributed by atoms with Crippen LogP contribution in [0.1, 0.15) is 107 Å². The molecule has 258 valence electrons. The largest absolute Gasteiger partial charge is 0.497 e. The van der Waals surface area contributed by atoms with E-state index in [0.29, 0.717) is 46.1 Å². The molecule has 2 aliphatic rings. The number of ether oxygens (including phenoxy) is 7. The van der Waals surface area contributed by atoms with E-state index in [4.69, 9.17) is 44.8 Å². The lowest BCUT2D eigenvalue weighted by Gasteiger charge is -2.46. The van der Waals surface area contributed by atoms with Crippen LogP contribution in [0, 0.1) is 0 Å². The highest BCUT2D eigenvalue weighted by molar-refractivity contribution is 6.32. The number of unbranched alkanes of at least 4 members (excludes halogenated alkanes) is 4. The average Bonchev–Trinajstić information content (AvgIpc) is 3.57. The molecule has 7 nitrogen and oxygen atoms in total. The molecule has 0 aromatic heterocycles. The first-order chi connectivity index (χ1) is 22.6. The molecule has 1 fully saturated rings. The monoisotopic (exact) mass is 660 g/mol. The summed E-state index contributed by atoms with van der Waals surface area (Å²) in [5.74, 6) is 1.65. The van der Waals surface area contributed by atoms with Gasteiger partial charge in [0.1, 0.15) is 42.0 Å². The predicted octanol–water partition coefficient (Wildman–Crippen LogP) is 8.69. The van der Waals surface area contributed by atoms with Crippen LogP contribution in [0.3, 0.4) is 0 Å². The molecule has 0 spiro atoms. The molecule has 0 aliphatic carbocycles. The lowest BCUT2D eigenvalue weighted by molar-refractivity contribution is -0.268. The van der Waals surface area contributed by atoms with Gasteiger partial charge in [0.05, 0.1) is 25.3 Å². The molecule has 2 aromatic rings. The second-order valence-corrected chi connectivity index (χ2v) is 12.8. The Morgan fingerprint density at radius 2 is 1.39 bits per heavy atom. The van der Waals surface area contributed by atoms with E-state index < -0.39 is 6.10 Å². The van der Waals surface area contributed by atoms with Gasteiger partial charge in [0.25, 0.3) is 0 Å². The van der Waals surface area contributed by atoms with Gasteiger partial charge in [0.15, 0.2) is 0 Å². The van der Waals surface area contributed by atoms with E-state index in [0.717, 1.165) is 96.6 Å². The van der Waals surface area contributed by atoms with E-state index in [1.165, 1.54) is 0 Å². The van der Waals surface area contributed by atoms with E-state index in [1.807, 2.05) is 12.1 Å². The van der Waals surface area contributed by atoms with Crippen molar-refractivity contribution in [3.63, 3.8) is 0 Å². The third-order valence-electron chi connectivity index (χ3n) is 8.85. The van der Waals surface area contributed by atoms with Gasteiger partial charge < -0.3 is 33.2 Å². The van der Waals surface area contributed by atoms with Gasteiger partial charge in [-0.15, -0.1) is 0 Å². The normalized spacial score (nSPS) is 22.5. The summed E-state index contributed by atoms with van der Waals surface area (Å²) in [5.41, 5.74) is 4.21. The summed E-state index contributed by atoms with van der Waals surface area (Å²) in [5, 5.41) is 0.766. The Morgan fingerprint density at radius 3 is 2.02 bits per heavy atom. The molecule has 0 saturated carbocycles. The van der Waals surface area contributed by atoms with Crippen LogP contribution in [-0.4, -0.2) is 71.2 Å². The minimum absolute atomic E-state index is 0.312. The Morgan fingerprint density at radius 1 is 0.783 bits per heavy atom. The number of fused-ring (bicyclic) bond motifs is 1. The molecule has 0 amide bonds. The summed E-state index contributed by atoms with van der Waals surface area (Å²) in [6.45, 7) is 12.3. The molecule has 2 aromatic carbocycles. The summed E-state index contributed by atoms with van der Waals surface area (Å²) in [4.78, 5) is 0. The van der Waals surface area contributed by atoms with Gasteiger partial charge in [-0.2, -0.15) is 0 Å². The molecule has 0 N–H and O–H groups in total. The van der Waals surface area contributed by atoms with E-state index in [-0.39, 0.29) is 24.4 Å². The zero-order valence-electron chi connectivity index (χ0n) is 28.8. The van der Waals surface area contributed by atoms with Crippen molar-refractivity contribution in [3.8, 4) is 11.5 Å². The van der Waals surface area contributed by atoms with Crippen LogP contribution >= 0.6 is 11.6 Å². The molecular weight excluding hydrogens is 604 g/mol. The quantitative estimate of drug-likeness (QED) is 0.124. The first-order valence-electron chi connectivity index (χ1n) is 17.7. The maximum absolute atomic E-state index is 7.11. The minimum Gasteiger partial charge on any atom is -0.497 e. The number of methoxy groups -OCH3 is 1. The minimum atomic E-state index is -0.437. The summed E-state index contributed by atoms with van der Waals surface area (Å²) in [6.07, 6.45) is 7.77. The highest BCUT2D eigenvalue weighted by atomic mass is 35.5. The van der Waals surface area contributed by atoms with Crippen molar-refractivity contribution in [1.82, 2.24) is 0 Å². The molecule has 46 heavy (non-hydrogen) atoms. The average molecular weight is 661 g/mol. The second kappa shape index (κ2) is 19.8. The topological polar surface area (TPSA) is 64.6 Å². The Bertz CT molecular complexity index is 1160. The molecule has 1 unspecified atom stereocenters. The molecule has 0 radical (unpaired) electrons. The fraction of sp³-hybridized carbons (Fsp3) is 0.684. The zero-order chi connectivity index (χ0) is 32.7. The maximum Gasteiger partial charge on any atom is 0.130 e. The molecule has 4 rings (SSSR count). The Kier molecular flexibility index (Phi) is 15.9. The summed E-state index contributed by atoms with van der Waals surface area (Å²) in [6, 6.07) is 10.3. The van der Waals surface area contributed by atoms with Crippen molar-refractivity contribution in [1.29, 1.82) is 0 Å². The number of benzene rings is 2. The van der Waals surface area contributed by atoms with Crippen LogP contribution in [0.4, 0.5) is 0 Å². The fourth-order valence-electron chi connectivity index (χ4n) is 6.15. The smallest absolute Gasteiger partial charge is 0.130 e. The van der Waals surface area contributed by atoms with Crippen LogP contribution in [0.25, 0.3) is 0 Å². The number of rotatable bonds is 21. The standard InChI is InChI=1S/C38H57ClO7/c1-6-10-19-41-26-32-36(42-20-11-7-2)38(44-22-13-9-4)37(43-21-12-8-3)35(46-32)31-25-28(33(39)30-18-23-45-34(30)31)24-27-14-16-29(40-5)17-15-27/h14-17,25,32,35-38H,6-13,18-24,26H2,1-5H3/t32-,35?,36-,37+,38+/m1/s1. The van der Waals surface area contributed by atoms with E-state index in [2.05, 4.69) is 45.9 Å². The summed E-state index contributed by atoms with van der Waals surface area (Å²) >= 11 is 7.11. The summed E-state index contributed by atoms with van der Waals surface area (Å²) in [7, 11) is 1.68. The zero-order valence-corrected chi connectivity index (χ0v) is 29.6. The molecule has 2 aliphatic heterocycles. The fourth-order valence-corrected chi connectivity index (χ4v) is 6.45. The lowest BCUT2D eigenvalue weighted by Crippen LogP contribution is -2.58. The lowest BCUT2D eigenvalue weighted by atomic mass is 9.87. The molecule has 1 saturated heterocycles. The molecule has 5 atom stereocenters. The Hall–Kier alpha value is -1.87. The SMILES string of the molecule is CCCCOC[C@H]1OC(c2cc(Cc3ccc(OC)cc3)c(Cl)c3c2OCC3)[C@H](OCCCC)[C@@H](OCCCC)[C@@H]1OCCCC. The molecule has 2 heterocycles. The second-order valence-electron chi connectivity index (χ2n) is 12.5. The Labute approximate surface area is 282 Å². The Balaban J connectivity index is 1.76. The van der Waals surface area contributed by atoms with Gasteiger partial charge in [0.2, 0.25) is 0 Å². The first kappa shape index (κ1) is 37.0. The van der Waals surface area contributed by atoms with E-state index in [9.17, 15) is 0 Å². The van der Waals surface area contributed by atoms with Crippen molar-refractivity contribution in [3.05, 3.63) is 57.6 Å². The predicted molar refractivity (Wildman–Crippen MR) is 184 cm³/mol. The van der Waals surface area contributed by atoms with Gasteiger partial charge in [-0.1, -0.05) is 77.1 Å². The van der Waals surface area contributed by atoms with Crippen LogP contribution in [0.15, 0.2) is 30.3 Å². The van der Waals surface area contributed by atoms with Gasteiger partial charge in [-0.05, 0) is 61.4 Å². The molecule has 0 bridgehead atoms. The van der Waals surface area contributed by atoms with Crippen molar-refractivity contribution in [2.75, 3.05) is 46.8 Å². The van der Waals surface area contributed by atoms with Gasteiger partial charge in [-0.3, -0.25) is 0 Å². The van der Waals surface area contributed by atoms with Crippen molar-refractivity contribution < 1.29 is 33.2 Å². The van der Waals surface area contributed by atoms with Crippen LogP contribution in [-0.2, 0) is 36.5 Å². The number of halogens is 1. The highest BCUT2D eigenvalue weighted by Crippen LogP contribution is 2.46. The van der Waals surface area contributed by atoms with Crippen molar-refractivity contribution >= 4 is 11.6 Å². The third-order valence-corrected chi connectivity index (χ3v) is 9.33. The highest BCUT2D eigenvalue weighted by Gasteiger charge is 2.50. The number of hydrogen-bond acceptors (Lipinski definition) is 7. The summed E-state index contributed by atoms with van der Waals surface area (Å²) < 4.78 is 45.1.